The maximum absolute atomic E-state index is 12.3. The van der Waals surface area contributed by atoms with Gasteiger partial charge in [-0.25, -0.2) is 0 Å². The number of benzene rings is 2. The lowest BCUT2D eigenvalue weighted by molar-refractivity contribution is -0.121. The van der Waals surface area contributed by atoms with Crippen molar-refractivity contribution in [2.45, 2.75) is 19.0 Å². The molecule has 0 fully saturated rings. The van der Waals surface area contributed by atoms with Crippen molar-refractivity contribution in [2.75, 3.05) is 14.2 Å². The lowest BCUT2D eigenvalue weighted by Gasteiger charge is -2.17. The lowest BCUT2D eigenvalue weighted by Crippen LogP contribution is -2.25. The van der Waals surface area contributed by atoms with Gasteiger partial charge < -0.3 is 14.8 Å². The largest absolute Gasteiger partial charge is 0.493 e. The lowest BCUT2D eigenvalue weighted by atomic mass is 9.97. The van der Waals surface area contributed by atoms with E-state index in [1.807, 2.05) is 18.2 Å². The van der Waals surface area contributed by atoms with E-state index in [0.717, 1.165) is 11.1 Å². The SMILES string of the molecule is COc1ccc(CNC(=O)CC2N=NC(=O)c3ccccc32)cc1OC. The Labute approximate surface area is 151 Å². The third kappa shape index (κ3) is 3.72. The maximum Gasteiger partial charge on any atom is 0.295 e. The van der Waals surface area contributed by atoms with Crippen LogP contribution in [0.25, 0.3) is 0 Å². The predicted octanol–water partition coefficient (Wildman–Crippen LogP) is 3.06. The molecule has 0 radical (unpaired) electrons. The Kier molecular flexibility index (Phi) is 5.26. The summed E-state index contributed by atoms with van der Waals surface area (Å²) in [7, 11) is 3.13. The van der Waals surface area contributed by atoms with Crippen LogP contribution in [0.5, 0.6) is 11.5 Å². The molecule has 1 N–H and O–H groups in total. The van der Waals surface area contributed by atoms with E-state index in [1.54, 1.807) is 38.5 Å². The van der Waals surface area contributed by atoms with Gasteiger partial charge in [-0.15, -0.1) is 5.11 Å². The molecule has 1 aliphatic heterocycles. The molecule has 1 aliphatic rings. The summed E-state index contributed by atoms with van der Waals surface area (Å²) in [5.41, 5.74) is 2.12. The third-order valence-electron chi connectivity index (χ3n) is 4.15. The first kappa shape index (κ1) is 17.6. The molecule has 1 atom stereocenters. The van der Waals surface area contributed by atoms with Crippen LogP contribution in [-0.4, -0.2) is 26.0 Å². The number of methoxy groups -OCH3 is 2. The second kappa shape index (κ2) is 7.77. The van der Waals surface area contributed by atoms with Crippen LogP contribution in [0.1, 0.15) is 33.9 Å². The molecule has 0 saturated heterocycles. The molecule has 0 aromatic heterocycles. The van der Waals surface area contributed by atoms with Crippen LogP contribution in [0.15, 0.2) is 52.7 Å². The smallest absolute Gasteiger partial charge is 0.295 e. The molecular formula is C19H19N3O4. The van der Waals surface area contributed by atoms with E-state index >= 15 is 0 Å². The van der Waals surface area contributed by atoms with Crippen molar-refractivity contribution in [1.82, 2.24) is 5.32 Å². The summed E-state index contributed by atoms with van der Waals surface area (Å²) in [4.78, 5) is 24.1. The number of ether oxygens (including phenoxy) is 2. The van der Waals surface area contributed by atoms with Crippen molar-refractivity contribution < 1.29 is 19.1 Å². The summed E-state index contributed by atoms with van der Waals surface area (Å²) in [5.74, 6) is 0.690. The van der Waals surface area contributed by atoms with E-state index in [0.29, 0.717) is 23.6 Å². The monoisotopic (exact) mass is 353 g/mol. The van der Waals surface area contributed by atoms with Crippen LogP contribution >= 0.6 is 0 Å². The Morgan fingerprint density at radius 1 is 1.12 bits per heavy atom. The third-order valence-corrected chi connectivity index (χ3v) is 4.15. The van der Waals surface area contributed by atoms with Gasteiger partial charge in [-0.2, -0.15) is 5.11 Å². The molecule has 0 saturated carbocycles. The molecule has 134 valence electrons. The van der Waals surface area contributed by atoms with Crippen LogP contribution < -0.4 is 14.8 Å². The molecule has 1 heterocycles. The summed E-state index contributed by atoms with van der Waals surface area (Å²) >= 11 is 0. The highest BCUT2D eigenvalue weighted by Crippen LogP contribution is 2.30. The normalized spacial score (nSPS) is 15.3. The Balaban J connectivity index is 1.63. The molecule has 2 amide bonds. The van der Waals surface area contributed by atoms with Crippen molar-refractivity contribution >= 4 is 11.8 Å². The van der Waals surface area contributed by atoms with Gasteiger partial charge in [0.1, 0.15) is 6.04 Å². The number of carbonyl (C=O) groups is 2. The van der Waals surface area contributed by atoms with Crippen molar-refractivity contribution in [3.8, 4) is 11.5 Å². The number of carbonyl (C=O) groups excluding carboxylic acids is 2. The summed E-state index contributed by atoms with van der Waals surface area (Å²) in [5, 5.41) is 10.5. The first-order valence-electron chi connectivity index (χ1n) is 8.14. The minimum atomic E-state index is -0.450. The van der Waals surface area contributed by atoms with Crippen LogP contribution in [0.3, 0.4) is 0 Å². The molecule has 26 heavy (non-hydrogen) atoms. The summed E-state index contributed by atoms with van der Waals surface area (Å²) in [6.07, 6.45) is 0.126. The van der Waals surface area contributed by atoms with Crippen LogP contribution in [0.2, 0.25) is 0 Å². The van der Waals surface area contributed by atoms with Gasteiger partial charge in [0.2, 0.25) is 5.91 Å². The van der Waals surface area contributed by atoms with Crippen LogP contribution in [0.4, 0.5) is 0 Å². The van der Waals surface area contributed by atoms with E-state index in [9.17, 15) is 9.59 Å². The predicted molar refractivity (Wildman–Crippen MR) is 94.4 cm³/mol. The highest BCUT2D eigenvalue weighted by molar-refractivity contribution is 5.97. The number of hydrogen-bond acceptors (Lipinski definition) is 5. The van der Waals surface area contributed by atoms with Crippen molar-refractivity contribution in [3.05, 3.63) is 59.2 Å². The number of hydrogen-bond donors (Lipinski definition) is 1. The first-order chi connectivity index (χ1) is 12.6. The number of azo groups is 1. The molecule has 0 bridgehead atoms. The highest BCUT2D eigenvalue weighted by atomic mass is 16.5. The van der Waals surface area contributed by atoms with E-state index in [2.05, 4.69) is 15.5 Å². The fraction of sp³-hybridized carbons (Fsp3) is 0.263. The number of amides is 2. The molecule has 0 spiro atoms. The van der Waals surface area contributed by atoms with E-state index < -0.39 is 6.04 Å². The second-order valence-electron chi connectivity index (χ2n) is 5.79. The number of fused-ring (bicyclic) bond motifs is 1. The average Bonchev–Trinajstić information content (AvgIpc) is 2.68. The van der Waals surface area contributed by atoms with E-state index in [4.69, 9.17) is 9.47 Å². The van der Waals surface area contributed by atoms with E-state index in [1.165, 1.54) is 0 Å². The van der Waals surface area contributed by atoms with Crippen molar-refractivity contribution in [1.29, 1.82) is 0 Å². The number of rotatable bonds is 6. The van der Waals surface area contributed by atoms with Gasteiger partial charge in [-0.3, -0.25) is 9.59 Å². The molecule has 7 nitrogen and oxygen atoms in total. The molecule has 7 heteroatoms. The highest BCUT2D eigenvalue weighted by Gasteiger charge is 2.25. The molecular weight excluding hydrogens is 334 g/mol. The fourth-order valence-electron chi connectivity index (χ4n) is 2.81. The van der Waals surface area contributed by atoms with Gasteiger partial charge in [0.15, 0.2) is 11.5 Å². The van der Waals surface area contributed by atoms with Gasteiger partial charge in [0.25, 0.3) is 5.91 Å². The molecule has 0 aliphatic carbocycles. The van der Waals surface area contributed by atoms with Crippen molar-refractivity contribution in [3.63, 3.8) is 0 Å². The van der Waals surface area contributed by atoms with Gasteiger partial charge in [0, 0.05) is 12.1 Å². The Morgan fingerprint density at radius 2 is 1.88 bits per heavy atom. The topological polar surface area (TPSA) is 89.4 Å². The summed E-state index contributed by atoms with van der Waals surface area (Å²) in [6, 6.07) is 12.1. The van der Waals surface area contributed by atoms with Crippen LogP contribution in [-0.2, 0) is 11.3 Å². The van der Waals surface area contributed by atoms with Crippen LogP contribution in [0, 0.1) is 0 Å². The average molecular weight is 353 g/mol. The van der Waals surface area contributed by atoms with Gasteiger partial charge in [0.05, 0.1) is 20.6 Å². The molecule has 1 unspecified atom stereocenters. The Hall–Kier alpha value is -3.22. The van der Waals surface area contributed by atoms with Gasteiger partial charge in [-0.1, -0.05) is 24.3 Å². The second-order valence-corrected chi connectivity index (χ2v) is 5.79. The van der Waals surface area contributed by atoms with Gasteiger partial charge >= 0.3 is 0 Å². The molecule has 2 aromatic carbocycles. The number of nitrogens with one attached hydrogen (secondary N) is 1. The van der Waals surface area contributed by atoms with Crippen molar-refractivity contribution in [2.24, 2.45) is 10.2 Å². The standard InChI is InChI=1S/C19H19N3O4/c1-25-16-8-7-12(9-17(16)26-2)11-20-18(23)10-15-13-5-3-4-6-14(13)19(24)22-21-15/h3-9,15H,10-11H2,1-2H3,(H,20,23). The zero-order valence-corrected chi connectivity index (χ0v) is 14.6. The summed E-state index contributed by atoms with van der Waals surface area (Å²) < 4.78 is 10.5. The molecule has 2 aromatic rings. The quantitative estimate of drug-likeness (QED) is 0.864. The number of nitrogens with zero attached hydrogens (tertiary/aromatic N) is 2. The molecule has 3 rings (SSSR count). The first-order valence-corrected chi connectivity index (χ1v) is 8.14. The Bertz CT molecular complexity index is 864. The van der Waals surface area contributed by atoms with Gasteiger partial charge in [-0.05, 0) is 29.3 Å². The zero-order chi connectivity index (χ0) is 18.5. The zero-order valence-electron chi connectivity index (χ0n) is 14.6. The maximum atomic E-state index is 12.3. The minimum Gasteiger partial charge on any atom is -0.493 e. The van der Waals surface area contributed by atoms with E-state index in [-0.39, 0.29) is 18.2 Å². The fourth-order valence-corrected chi connectivity index (χ4v) is 2.81. The summed E-state index contributed by atoms with van der Waals surface area (Å²) in [6.45, 7) is 0.351. The minimum absolute atomic E-state index is 0.126. The Morgan fingerprint density at radius 3 is 2.65 bits per heavy atom.